The topological polar surface area (TPSA) is 72.9 Å². The van der Waals surface area contributed by atoms with Gasteiger partial charge >= 0.3 is 10.1 Å². The summed E-state index contributed by atoms with van der Waals surface area (Å²) in [5, 5.41) is -0.631. The third kappa shape index (κ3) is 6.57. The third-order valence-corrected chi connectivity index (χ3v) is 3.75. The van der Waals surface area contributed by atoms with Crippen molar-refractivity contribution < 1.29 is 22.1 Å². The average molecular weight is 378 g/mol. The number of alkyl halides is 1. The van der Waals surface area contributed by atoms with E-state index in [-0.39, 0.29) is 17.6 Å². The first-order valence-electron chi connectivity index (χ1n) is 7.52. The Morgan fingerprint density at radius 2 is 1.88 bits per heavy atom. The van der Waals surface area contributed by atoms with Crippen LogP contribution in [0.4, 0.5) is 0 Å². The van der Waals surface area contributed by atoms with Gasteiger partial charge in [0, 0.05) is 13.1 Å². The maximum atomic E-state index is 12.3. The zero-order chi connectivity index (χ0) is 18.5. The van der Waals surface area contributed by atoms with Crippen molar-refractivity contribution in [2.75, 3.05) is 19.9 Å². The summed E-state index contributed by atoms with van der Waals surface area (Å²) in [6.45, 7) is 6.49. The number of hydrogen-bond acceptors (Lipinski definition) is 5. The lowest BCUT2D eigenvalue weighted by Gasteiger charge is -2.26. The average Bonchev–Trinajstić information content (AvgIpc) is 2.43. The molecule has 0 saturated heterocycles. The van der Waals surface area contributed by atoms with E-state index in [1.54, 1.807) is 30.0 Å². The summed E-state index contributed by atoms with van der Waals surface area (Å²) in [6, 6.07) is 4.92. The van der Waals surface area contributed by atoms with Gasteiger partial charge in [-0.15, -0.1) is 11.6 Å². The standard InChI is InChI=1S/C16H24ClNO5S/c1-11(2)9-18(16(19)12(3)17)10-13-6-7-14(22-4)15(8-13)23-24(5,20)21/h6-8,11-12H,9-10H2,1-5H3. The smallest absolute Gasteiger partial charge is 0.306 e. The van der Waals surface area contributed by atoms with Crippen molar-refractivity contribution in [2.45, 2.75) is 32.7 Å². The number of methoxy groups -OCH3 is 1. The van der Waals surface area contributed by atoms with Gasteiger partial charge in [0.1, 0.15) is 5.38 Å². The molecule has 0 radical (unpaired) electrons. The quantitative estimate of drug-likeness (QED) is 0.514. The molecule has 1 atom stereocenters. The zero-order valence-corrected chi connectivity index (χ0v) is 16.1. The molecule has 0 bridgehead atoms. The van der Waals surface area contributed by atoms with Crippen LogP contribution in [-0.4, -0.2) is 44.5 Å². The van der Waals surface area contributed by atoms with Gasteiger partial charge in [0.2, 0.25) is 5.91 Å². The summed E-state index contributed by atoms with van der Waals surface area (Å²) in [4.78, 5) is 13.9. The highest BCUT2D eigenvalue weighted by molar-refractivity contribution is 7.86. The molecule has 6 nitrogen and oxygen atoms in total. The molecule has 1 amide bonds. The minimum absolute atomic E-state index is 0.0911. The predicted molar refractivity (Wildman–Crippen MR) is 94.0 cm³/mol. The molecule has 0 aliphatic rings. The van der Waals surface area contributed by atoms with Gasteiger partial charge in [0.05, 0.1) is 13.4 Å². The number of carbonyl (C=O) groups excluding carboxylic acids is 1. The van der Waals surface area contributed by atoms with Crippen molar-refractivity contribution in [1.29, 1.82) is 0 Å². The summed E-state index contributed by atoms with van der Waals surface area (Å²) >= 11 is 5.92. The Morgan fingerprint density at radius 3 is 2.33 bits per heavy atom. The van der Waals surface area contributed by atoms with Crippen LogP contribution in [0.15, 0.2) is 18.2 Å². The van der Waals surface area contributed by atoms with Crippen LogP contribution < -0.4 is 8.92 Å². The fourth-order valence-corrected chi connectivity index (χ4v) is 2.79. The Balaban J connectivity index is 3.10. The summed E-state index contributed by atoms with van der Waals surface area (Å²) in [5.74, 6) is 0.492. The van der Waals surface area contributed by atoms with E-state index in [1.165, 1.54) is 7.11 Å². The SMILES string of the molecule is COc1ccc(CN(CC(C)C)C(=O)C(C)Cl)cc1OS(C)(=O)=O. The summed E-state index contributed by atoms with van der Waals surface area (Å²) in [6.07, 6.45) is 0.961. The van der Waals surface area contributed by atoms with Gasteiger partial charge in [-0.05, 0) is 30.5 Å². The molecule has 0 spiro atoms. The number of rotatable bonds is 8. The van der Waals surface area contributed by atoms with Crippen LogP contribution >= 0.6 is 11.6 Å². The Labute approximate surface area is 148 Å². The third-order valence-electron chi connectivity index (χ3n) is 3.08. The van der Waals surface area contributed by atoms with Crippen LogP contribution in [0.5, 0.6) is 11.5 Å². The van der Waals surface area contributed by atoms with Crippen molar-refractivity contribution in [3.05, 3.63) is 23.8 Å². The molecule has 0 heterocycles. The number of halogens is 1. The van der Waals surface area contributed by atoms with Gasteiger partial charge in [-0.1, -0.05) is 19.9 Å². The van der Waals surface area contributed by atoms with Crippen LogP contribution in [0.25, 0.3) is 0 Å². The molecule has 1 aromatic rings. The number of benzene rings is 1. The molecule has 0 fully saturated rings. The zero-order valence-electron chi connectivity index (χ0n) is 14.6. The van der Waals surface area contributed by atoms with E-state index in [0.29, 0.717) is 18.8 Å². The van der Waals surface area contributed by atoms with Crippen LogP contribution in [0.1, 0.15) is 26.3 Å². The van der Waals surface area contributed by atoms with E-state index in [1.807, 2.05) is 13.8 Å². The molecule has 8 heteroatoms. The summed E-state index contributed by atoms with van der Waals surface area (Å²) in [7, 11) is -2.26. The van der Waals surface area contributed by atoms with E-state index in [9.17, 15) is 13.2 Å². The van der Waals surface area contributed by atoms with Gasteiger partial charge < -0.3 is 13.8 Å². The normalized spacial score (nSPS) is 12.8. The van der Waals surface area contributed by atoms with Crippen molar-refractivity contribution in [2.24, 2.45) is 5.92 Å². The van der Waals surface area contributed by atoms with Crippen LogP contribution in [0.3, 0.4) is 0 Å². The van der Waals surface area contributed by atoms with Gasteiger partial charge in [0.25, 0.3) is 0 Å². The Kier molecular flexibility index (Phi) is 7.35. The van der Waals surface area contributed by atoms with E-state index in [4.69, 9.17) is 20.5 Å². The van der Waals surface area contributed by atoms with Crippen LogP contribution in [0.2, 0.25) is 0 Å². The second-order valence-electron chi connectivity index (χ2n) is 6.00. The molecule has 0 N–H and O–H groups in total. The van der Waals surface area contributed by atoms with Crippen LogP contribution in [0, 0.1) is 5.92 Å². The number of nitrogens with zero attached hydrogens (tertiary/aromatic N) is 1. The molecule has 0 saturated carbocycles. The number of carbonyl (C=O) groups is 1. The number of amides is 1. The Bertz CT molecular complexity index is 673. The fourth-order valence-electron chi connectivity index (χ4n) is 2.19. The molecule has 0 aliphatic heterocycles. The van der Waals surface area contributed by atoms with Crippen molar-refractivity contribution in [3.63, 3.8) is 0 Å². The molecular formula is C16H24ClNO5S. The second kappa shape index (κ2) is 8.58. The lowest BCUT2D eigenvalue weighted by molar-refractivity contribution is -0.131. The van der Waals surface area contributed by atoms with E-state index in [0.717, 1.165) is 11.8 Å². The summed E-state index contributed by atoms with van der Waals surface area (Å²) < 4.78 is 32.8. The first-order chi connectivity index (χ1) is 11.0. The van der Waals surface area contributed by atoms with Crippen LogP contribution in [-0.2, 0) is 21.5 Å². The van der Waals surface area contributed by atoms with Gasteiger partial charge in [-0.25, -0.2) is 0 Å². The first kappa shape index (κ1) is 20.6. The molecule has 0 aliphatic carbocycles. The first-order valence-corrected chi connectivity index (χ1v) is 9.78. The second-order valence-corrected chi connectivity index (χ2v) is 8.23. The van der Waals surface area contributed by atoms with Crippen molar-refractivity contribution >= 4 is 27.6 Å². The molecule has 136 valence electrons. The molecule has 1 rings (SSSR count). The van der Waals surface area contributed by atoms with Gasteiger partial charge in [-0.2, -0.15) is 8.42 Å². The van der Waals surface area contributed by atoms with E-state index < -0.39 is 15.5 Å². The van der Waals surface area contributed by atoms with Gasteiger partial charge in [0.15, 0.2) is 11.5 Å². The van der Waals surface area contributed by atoms with Crippen molar-refractivity contribution in [3.8, 4) is 11.5 Å². The highest BCUT2D eigenvalue weighted by Crippen LogP contribution is 2.29. The highest BCUT2D eigenvalue weighted by atomic mass is 35.5. The molecule has 1 unspecified atom stereocenters. The monoisotopic (exact) mass is 377 g/mol. The Hall–Kier alpha value is -1.47. The highest BCUT2D eigenvalue weighted by Gasteiger charge is 2.21. The fraction of sp³-hybridized carbons (Fsp3) is 0.562. The summed E-state index contributed by atoms with van der Waals surface area (Å²) in [5.41, 5.74) is 0.723. The predicted octanol–water partition coefficient (Wildman–Crippen LogP) is 2.65. The van der Waals surface area contributed by atoms with E-state index in [2.05, 4.69) is 0 Å². The lowest BCUT2D eigenvalue weighted by Crippen LogP contribution is -2.37. The minimum Gasteiger partial charge on any atom is -0.493 e. The molecular weight excluding hydrogens is 354 g/mol. The maximum Gasteiger partial charge on any atom is 0.306 e. The largest absolute Gasteiger partial charge is 0.493 e. The Morgan fingerprint density at radius 1 is 1.25 bits per heavy atom. The minimum atomic E-state index is -3.69. The number of ether oxygens (including phenoxy) is 1. The van der Waals surface area contributed by atoms with Crippen molar-refractivity contribution in [1.82, 2.24) is 4.90 Å². The molecule has 1 aromatic carbocycles. The van der Waals surface area contributed by atoms with Gasteiger partial charge in [-0.3, -0.25) is 4.79 Å². The van der Waals surface area contributed by atoms with E-state index >= 15 is 0 Å². The lowest BCUT2D eigenvalue weighted by atomic mass is 10.1. The molecule has 24 heavy (non-hydrogen) atoms. The molecule has 0 aromatic heterocycles. The number of hydrogen-bond donors (Lipinski definition) is 0. The maximum absolute atomic E-state index is 12.3.